The van der Waals surface area contributed by atoms with E-state index in [9.17, 15) is 4.21 Å². The van der Waals surface area contributed by atoms with Crippen LogP contribution in [0, 0.1) is 13.8 Å². The summed E-state index contributed by atoms with van der Waals surface area (Å²) in [4.78, 5) is 5.11. The third-order valence-electron chi connectivity index (χ3n) is 3.04. The molecule has 2 rings (SSSR count). The number of aromatic nitrogens is 1. The van der Waals surface area contributed by atoms with Crippen molar-refractivity contribution in [2.24, 2.45) is 5.73 Å². The van der Waals surface area contributed by atoms with Crippen LogP contribution in [-0.4, -0.2) is 9.19 Å². The lowest BCUT2D eigenvalue weighted by Gasteiger charge is -2.09. The molecule has 1 unspecified atom stereocenters. The molecule has 0 radical (unpaired) electrons. The fourth-order valence-corrected chi connectivity index (χ4v) is 3.40. The lowest BCUT2D eigenvalue weighted by atomic mass is 10.2. The highest BCUT2D eigenvalue weighted by molar-refractivity contribution is 7.84. The molecule has 3 nitrogen and oxygen atoms in total. The van der Waals surface area contributed by atoms with Crippen molar-refractivity contribution in [1.29, 1.82) is 0 Å². The molecular formula is C15H18N2OS. The van der Waals surface area contributed by atoms with E-state index in [1.54, 1.807) is 6.20 Å². The molecule has 0 saturated heterocycles. The van der Waals surface area contributed by atoms with E-state index < -0.39 is 10.8 Å². The lowest BCUT2D eigenvalue weighted by molar-refractivity contribution is 0.681. The van der Waals surface area contributed by atoms with Gasteiger partial charge in [0.15, 0.2) is 0 Å². The molecule has 19 heavy (non-hydrogen) atoms. The zero-order chi connectivity index (χ0) is 13.8. The SMILES string of the molecule is Cc1ccc(S(=O)Cc2cccnc2CN)c(C)c1. The van der Waals surface area contributed by atoms with Crippen LogP contribution in [0.5, 0.6) is 0 Å². The maximum Gasteiger partial charge on any atom is 0.0580 e. The van der Waals surface area contributed by atoms with Crippen LogP contribution in [0.25, 0.3) is 0 Å². The predicted octanol–water partition coefficient (Wildman–Crippen LogP) is 2.46. The molecule has 0 saturated carbocycles. The average Bonchev–Trinajstić information content (AvgIpc) is 2.39. The van der Waals surface area contributed by atoms with Crippen LogP contribution < -0.4 is 5.73 Å². The summed E-state index contributed by atoms with van der Waals surface area (Å²) in [6.07, 6.45) is 1.71. The molecule has 4 heteroatoms. The molecular weight excluding hydrogens is 256 g/mol. The highest BCUT2D eigenvalue weighted by atomic mass is 32.2. The number of nitrogens with zero attached hydrogens (tertiary/aromatic N) is 1. The van der Waals surface area contributed by atoms with Gasteiger partial charge in [0.1, 0.15) is 0 Å². The summed E-state index contributed by atoms with van der Waals surface area (Å²) in [5.74, 6) is 0.463. The summed E-state index contributed by atoms with van der Waals surface area (Å²) in [6.45, 7) is 4.40. The van der Waals surface area contributed by atoms with Crippen LogP contribution in [0.3, 0.4) is 0 Å². The second-order valence-electron chi connectivity index (χ2n) is 4.57. The van der Waals surface area contributed by atoms with E-state index >= 15 is 0 Å². The highest BCUT2D eigenvalue weighted by Gasteiger charge is 2.11. The molecule has 0 fully saturated rings. The van der Waals surface area contributed by atoms with E-state index in [1.807, 2.05) is 38.1 Å². The van der Waals surface area contributed by atoms with Crippen LogP contribution in [0.1, 0.15) is 22.4 Å². The first-order valence-corrected chi connectivity index (χ1v) is 7.52. The number of hydrogen-bond acceptors (Lipinski definition) is 3. The highest BCUT2D eigenvalue weighted by Crippen LogP contribution is 2.19. The van der Waals surface area contributed by atoms with Gasteiger partial charge in [-0.05, 0) is 37.1 Å². The van der Waals surface area contributed by atoms with Crippen LogP contribution >= 0.6 is 0 Å². The van der Waals surface area contributed by atoms with Gasteiger partial charge in [-0.15, -0.1) is 0 Å². The van der Waals surface area contributed by atoms with E-state index in [2.05, 4.69) is 11.1 Å². The van der Waals surface area contributed by atoms with E-state index in [1.165, 1.54) is 5.56 Å². The Morgan fingerprint density at radius 1 is 1.26 bits per heavy atom. The largest absolute Gasteiger partial charge is 0.325 e. The number of pyridine rings is 1. The van der Waals surface area contributed by atoms with Gasteiger partial charge in [0.05, 0.1) is 22.2 Å². The van der Waals surface area contributed by atoms with Crippen molar-refractivity contribution in [2.45, 2.75) is 31.0 Å². The monoisotopic (exact) mass is 274 g/mol. The van der Waals surface area contributed by atoms with Crippen molar-refractivity contribution >= 4 is 10.8 Å². The van der Waals surface area contributed by atoms with Gasteiger partial charge in [-0.1, -0.05) is 23.8 Å². The van der Waals surface area contributed by atoms with Gasteiger partial charge in [-0.2, -0.15) is 0 Å². The Morgan fingerprint density at radius 2 is 2.05 bits per heavy atom. The van der Waals surface area contributed by atoms with Crippen LogP contribution in [0.4, 0.5) is 0 Å². The maximum absolute atomic E-state index is 12.5. The quantitative estimate of drug-likeness (QED) is 0.931. The second kappa shape index (κ2) is 6.08. The van der Waals surface area contributed by atoms with Crippen molar-refractivity contribution in [2.75, 3.05) is 0 Å². The summed E-state index contributed by atoms with van der Waals surface area (Å²) in [5.41, 5.74) is 9.68. The number of benzene rings is 1. The zero-order valence-corrected chi connectivity index (χ0v) is 12.0. The number of hydrogen-bond donors (Lipinski definition) is 1. The van der Waals surface area contributed by atoms with Gasteiger partial charge in [-0.3, -0.25) is 9.19 Å². The Bertz CT molecular complexity index is 611. The molecule has 0 amide bonds. The summed E-state index contributed by atoms with van der Waals surface area (Å²) in [7, 11) is -1.06. The third-order valence-corrected chi connectivity index (χ3v) is 4.56. The van der Waals surface area contributed by atoms with Gasteiger partial charge in [0, 0.05) is 17.6 Å². The Morgan fingerprint density at radius 3 is 2.74 bits per heavy atom. The minimum absolute atomic E-state index is 0.375. The Kier molecular flexibility index (Phi) is 4.45. The molecule has 1 atom stereocenters. The first kappa shape index (κ1) is 13.9. The molecule has 1 aromatic carbocycles. The van der Waals surface area contributed by atoms with Crippen molar-refractivity contribution in [3.05, 3.63) is 58.9 Å². The van der Waals surface area contributed by atoms with Crippen LogP contribution in [0.2, 0.25) is 0 Å². The topological polar surface area (TPSA) is 56.0 Å². The van der Waals surface area contributed by atoms with E-state index in [0.717, 1.165) is 21.7 Å². The summed E-state index contributed by atoms with van der Waals surface area (Å²) < 4.78 is 12.5. The molecule has 100 valence electrons. The molecule has 0 aliphatic carbocycles. The van der Waals surface area contributed by atoms with Crippen molar-refractivity contribution in [3.8, 4) is 0 Å². The van der Waals surface area contributed by atoms with Crippen LogP contribution in [0.15, 0.2) is 41.4 Å². The molecule has 0 bridgehead atoms. The molecule has 0 aliphatic rings. The molecule has 1 heterocycles. The molecule has 2 N–H and O–H groups in total. The minimum Gasteiger partial charge on any atom is -0.325 e. The summed E-state index contributed by atoms with van der Waals surface area (Å²) in [6, 6.07) is 9.79. The maximum atomic E-state index is 12.5. The number of rotatable bonds is 4. The Hall–Kier alpha value is -1.52. The lowest BCUT2D eigenvalue weighted by Crippen LogP contribution is -2.07. The predicted molar refractivity (Wildman–Crippen MR) is 78.2 cm³/mol. The van der Waals surface area contributed by atoms with E-state index in [-0.39, 0.29) is 0 Å². The van der Waals surface area contributed by atoms with Gasteiger partial charge in [0.25, 0.3) is 0 Å². The Balaban J connectivity index is 2.26. The van der Waals surface area contributed by atoms with Gasteiger partial charge >= 0.3 is 0 Å². The molecule has 2 aromatic rings. The van der Waals surface area contributed by atoms with Gasteiger partial charge in [0.2, 0.25) is 0 Å². The van der Waals surface area contributed by atoms with Gasteiger partial charge in [-0.25, -0.2) is 0 Å². The fourth-order valence-electron chi connectivity index (χ4n) is 2.06. The zero-order valence-electron chi connectivity index (χ0n) is 11.2. The first-order valence-electron chi connectivity index (χ1n) is 6.20. The molecule has 0 spiro atoms. The Labute approximate surface area is 116 Å². The van der Waals surface area contributed by atoms with E-state index in [0.29, 0.717) is 12.3 Å². The minimum atomic E-state index is -1.06. The summed E-state index contributed by atoms with van der Waals surface area (Å²) in [5, 5.41) is 0. The smallest absolute Gasteiger partial charge is 0.0580 e. The second-order valence-corrected chi connectivity index (χ2v) is 5.99. The van der Waals surface area contributed by atoms with Crippen molar-refractivity contribution < 1.29 is 4.21 Å². The van der Waals surface area contributed by atoms with E-state index in [4.69, 9.17) is 5.73 Å². The number of aryl methyl sites for hydroxylation is 2. The first-order chi connectivity index (χ1) is 9.11. The van der Waals surface area contributed by atoms with Crippen LogP contribution in [-0.2, 0) is 23.1 Å². The molecule has 1 aromatic heterocycles. The number of nitrogens with two attached hydrogens (primary N) is 1. The standard InChI is InChI=1S/C15H18N2OS/c1-11-5-6-15(12(2)8-11)19(18)10-13-4-3-7-17-14(13)9-16/h3-8H,9-10,16H2,1-2H3. The normalized spacial score (nSPS) is 12.4. The average molecular weight is 274 g/mol. The van der Waals surface area contributed by atoms with Gasteiger partial charge < -0.3 is 5.73 Å². The third kappa shape index (κ3) is 3.28. The van der Waals surface area contributed by atoms with Crippen molar-refractivity contribution in [1.82, 2.24) is 4.98 Å². The van der Waals surface area contributed by atoms with Crippen molar-refractivity contribution in [3.63, 3.8) is 0 Å². The molecule has 0 aliphatic heterocycles. The summed E-state index contributed by atoms with van der Waals surface area (Å²) >= 11 is 0. The fraction of sp³-hybridized carbons (Fsp3) is 0.267.